The second-order valence-electron chi connectivity index (χ2n) is 7.88. The van der Waals surface area contributed by atoms with Gasteiger partial charge in [0.05, 0.1) is 0 Å². The van der Waals surface area contributed by atoms with E-state index < -0.39 is 0 Å². The number of carbonyl (C=O) groups excluding carboxylic acids is 1. The van der Waals surface area contributed by atoms with Gasteiger partial charge in [0, 0.05) is 30.7 Å². The second kappa shape index (κ2) is 9.75. The van der Waals surface area contributed by atoms with Crippen molar-refractivity contribution in [1.29, 1.82) is 0 Å². The quantitative estimate of drug-likeness (QED) is 0.594. The van der Waals surface area contributed by atoms with Crippen molar-refractivity contribution < 1.29 is 18.7 Å². The Morgan fingerprint density at radius 3 is 2.42 bits per heavy atom. The first-order valence-electron chi connectivity index (χ1n) is 10.5. The molecule has 1 N–H and O–H groups in total. The predicted octanol–water partition coefficient (Wildman–Crippen LogP) is 4.88. The third-order valence-electron chi connectivity index (χ3n) is 5.84. The minimum Gasteiger partial charge on any atom is -0.489 e. The van der Waals surface area contributed by atoms with Crippen LogP contribution < -0.4 is 10.1 Å². The molecule has 0 aliphatic carbocycles. The summed E-state index contributed by atoms with van der Waals surface area (Å²) in [5, 5.41) is 3.06. The largest absolute Gasteiger partial charge is 0.489 e. The highest BCUT2D eigenvalue weighted by molar-refractivity contribution is 5.94. The monoisotopic (exact) mass is 419 g/mol. The molecule has 5 heteroatoms. The van der Waals surface area contributed by atoms with Crippen LogP contribution in [0.4, 0.5) is 4.39 Å². The molecule has 31 heavy (non-hydrogen) atoms. The number of para-hydroxylation sites is 1. The molecule has 1 heterocycles. The van der Waals surface area contributed by atoms with Crippen LogP contribution in [0.1, 0.15) is 34.3 Å². The van der Waals surface area contributed by atoms with Crippen LogP contribution in [0.15, 0.2) is 78.9 Å². The number of hydrogen-bond acceptors (Lipinski definition) is 3. The number of amides is 1. The lowest BCUT2D eigenvalue weighted by atomic mass is 9.74. The van der Waals surface area contributed by atoms with E-state index in [2.05, 4.69) is 5.32 Å². The van der Waals surface area contributed by atoms with Crippen LogP contribution in [0.2, 0.25) is 0 Å². The van der Waals surface area contributed by atoms with Crippen molar-refractivity contribution in [3.63, 3.8) is 0 Å². The number of carbonyl (C=O) groups is 1. The third kappa shape index (κ3) is 5.30. The lowest BCUT2D eigenvalue weighted by molar-refractivity contribution is 0.0486. The van der Waals surface area contributed by atoms with Gasteiger partial charge in [-0.1, -0.05) is 42.5 Å². The number of hydrogen-bond donors (Lipinski definition) is 1. The highest BCUT2D eigenvalue weighted by Crippen LogP contribution is 2.34. The zero-order valence-corrected chi connectivity index (χ0v) is 17.4. The van der Waals surface area contributed by atoms with E-state index in [0.29, 0.717) is 31.9 Å². The topological polar surface area (TPSA) is 47.6 Å². The van der Waals surface area contributed by atoms with Crippen molar-refractivity contribution >= 4 is 5.91 Å². The van der Waals surface area contributed by atoms with Gasteiger partial charge in [-0.25, -0.2) is 4.39 Å². The van der Waals surface area contributed by atoms with E-state index >= 15 is 0 Å². The first-order valence-corrected chi connectivity index (χ1v) is 10.5. The van der Waals surface area contributed by atoms with Crippen LogP contribution in [0, 0.1) is 5.82 Å². The maximum absolute atomic E-state index is 13.8. The Labute approximate surface area is 182 Å². The van der Waals surface area contributed by atoms with Crippen LogP contribution in [0.5, 0.6) is 5.75 Å². The average Bonchev–Trinajstić information content (AvgIpc) is 2.83. The zero-order chi connectivity index (χ0) is 21.5. The molecule has 0 saturated carbocycles. The maximum atomic E-state index is 13.8. The summed E-state index contributed by atoms with van der Waals surface area (Å²) in [5.41, 5.74) is 2.16. The molecular formula is C26H26FNO3. The van der Waals surface area contributed by atoms with Gasteiger partial charge in [-0.05, 0) is 60.4 Å². The summed E-state index contributed by atoms with van der Waals surface area (Å²) < 4.78 is 25.1. The van der Waals surface area contributed by atoms with Gasteiger partial charge in [-0.3, -0.25) is 4.79 Å². The minimum atomic E-state index is -0.320. The number of ether oxygens (including phenoxy) is 2. The van der Waals surface area contributed by atoms with Gasteiger partial charge >= 0.3 is 0 Å². The van der Waals surface area contributed by atoms with E-state index in [1.54, 1.807) is 24.3 Å². The van der Waals surface area contributed by atoms with Crippen molar-refractivity contribution in [2.45, 2.75) is 24.9 Å². The predicted molar refractivity (Wildman–Crippen MR) is 118 cm³/mol. The molecule has 1 fully saturated rings. The molecule has 0 radical (unpaired) electrons. The van der Waals surface area contributed by atoms with E-state index in [1.165, 1.54) is 6.07 Å². The molecule has 3 aromatic rings. The van der Waals surface area contributed by atoms with E-state index in [4.69, 9.17) is 9.47 Å². The number of halogens is 1. The van der Waals surface area contributed by atoms with E-state index in [1.807, 2.05) is 48.5 Å². The lowest BCUT2D eigenvalue weighted by Crippen LogP contribution is -2.44. The fourth-order valence-electron chi connectivity index (χ4n) is 3.94. The zero-order valence-electron chi connectivity index (χ0n) is 17.4. The van der Waals surface area contributed by atoms with E-state index in [9.17, 15) is 9.18 Å². The van der Waals surface area contributed by atoms with E-state index in [-0.39, 0.29) is 17.1 Å². The molecule has 0 unspecified atom stereocenters. The Balaban J connectivity index is 1.39. The SMILES string of the molecule is O=C(NCC1(c2cccc(F)c2)CCOCC1)c1ccc(COc2ccccc2)cc1. The molecule has 0 aromatic heterocycles. The van der Waals surface area contributed by atoms with Gasteiger partial charge in [0.2, 0.25) is 0 Å². The van der Waals surface area contributed by atoms with Crippen molar-refractivity contribution in [2.75, 3.05) is 19.8 Å². The average molecular weight is 419 g/mol. The van der Waals surface area contributed by atoms with Gasteiger partial charge in [0.25, 0.3) is 5.91 Å². The third-order valence-corrected chi connectivity index (χ3v) is 5.84. The highest BCUT2D eigenvalue weighted by atomic mass is 19.1. The van der Waals surface area contributed by atoms with Gasteiger partial charge in [0.1, 0.15) is 18.2 Å². The Morgan fingerprint density at radius 1 is 0.968 bits per heavy atom. The summed E-state index contributed by atoms with van der Waals surface area (Å²) in [4.78, 5) is 12.8. The highest BCUT2D eigenvalue weighted by Gasteiger charge is 2.35. The Kier molecular flexibility index (Phi) is 6.63. The Bertz CT molecular complexity index is 999. The van der Waals surface area contributed by atoms with Gasteiger partial charge in [0.15, 0.2) is 0 Å². The van der Waals surface area contributed by atoms with Crippen molar-refractivity contribution in [2.24, 2.45) is 0 Å². The van der Waals surface area contributed by atoms with Crippen LogP contribution in [-0.4, -0.2) is 25.7 Å². The fraction of sp³-hybridized carbons (Fsp3) is 0.269. The summed E-state index contributed by atoms with van der Waals surface area (Å²) in [5.74, 6) is 0.407. The summed E-state index contributed by atoms with van der Waals surface area (Å²) in [7, 11) is 0. The molecule has 0 bridgehead atoms. The van der Waals surface area contributed by atoms with Crippen LogP contribution >= 0.6 is 0 Å². The number of benzene rings is 3. The summed E-state index contributed by atoms with van der Waals surface area (Å²) in [6, 6.07) is 23.7. The first-order chi connectivity index (χ1) is 15.1. The molecule has 4 rings (SSSR count). The number of nitrogens with one attached hydrogen (secondary N) is 1. The van der Waals surface area contributed by atoms with E-state index in [0.717, 1.165) is 29.7 Å². The molecular weight excluding hydrogens is 393 g/mol. The molecule has 1 aliphatic rings. The molecule has 160 valence electrons. The smallest absolute Gasteiger partial charge is 0.251 e. The Hall–Kier alpha value is -3.18. The lowest BCUT2D eigenvalue weighted by Gasteiger charge is -2.38. The van der Waals surface area contributed by atoms with Crippen molar-refractivity contribution in [1.82, 2.24) is 5.32 Å². The van der Waals surface area contributed by atoms with Gasteiger partial charge in [-0.15, -0.1) is 0 Å². The van der Waals surface area contributed by atoms with Crippen molar-refractivity contribution in [3.05, 3.63) is 101 Å². The molecule has 1 amide bonds. The molecule has 1 aliphatic heterocycles. The fourth-order valence-corrected chi connectivity index (χ4v) is 3.94. The molecule has 1 saturated heterocycles. The normalized spacial score (nSPS) is 15.3. The van der Waals surface area contributed by atoms with Crippen molar-refractivity contribution in [3.8, 4) is 5.75 Å². The summed E-state index contributed by atoms with van der Waals surface area (Å²) >= 11 is 0. The molecule has 0 atom stereocenters. The molecule has 4 nitrogen and oxygen atoms in total. The molecule has 3 aromatic carbocycles. The van der Waals surface area contributed by atoms with Gasteiger partial charge < -0.3 is 14.8 Å². The van der Waals surface area contributed by atoms with Crippen LogP contribution in [0.25, 0.3) is 0 Å². The summed E-state index contributed by atoms with van der Waals surface area (Å²) in [6.45, 7) is 2.08. The number of rotatable bonds is 7. The maximum Gasteiger partial charge on any atom is 0.251 e. The Morgan fingerprint density at radius 2 is 1.71 bits per heavy atom. The second-order valence-corrected chi connectivity index (χ2v) is 7.88. The standard InChI is InChI=1S/C26H26FNO3/c27-23-6-4-5-22(17-23)26(13-15-30-16-14-26)19-28-25(29)21-11-9-20(10-12-21)18-31-24-7-2-1-3-8-24/h1-12,17H,13-16,18-19H2,(H,28,29). The van der Waals surface area contributed by atoms with Crippen LogP contribution in [-0.2, 0) is 16.8 Å². The minimum absolute atomic E-state index is 0.141. The van der Waals surface area contributed by atoms with Gasteiger partial charge in [-0.2, -0.15) is 0 Å². The van der Waals surface area contributed by atoms with Crippen LogP contribution in [0.3, 0.4) is 0 Å². The first kappa shape index (κ1) is 21.1. The summed E-state index contributed by atoms with van der Waals surface area (Å²) in [6.07, 6.45) is 1.49. The molecule has 0 spiro atoms.